The van der Waals surface area contributed by atoms with Gasteiger partial charge in [-0.1, -0.05) is 19.1 Å². The van der Waals surface area contributed by atoms with Crippen LogP contribution in [-0.4, -0.2) is 102 Å². The SMILES string of the molecule is CCC1[C@@H](O)N2[C@@H]3COC(=O)[C@]4(CS[C@@H](c5c(OC(C)=O)c(C)c6c(c53)OCO6)[C@@H]2C(c2ccc(C)c(OC)c2O)N1C)NCCc1cc(O)c(OC)cc14. The molecule has 294 valence electrons. The number of fused-ring (bicyclic) bond motifs is 5. The highest BCUT2D eigenvalue weighted by Gasteiger charge is 2.60. The van der Waals surface area contributed by atoms with Crippen LogP contribution in [-0.2, 0) is 26.3 Å². The summed E-state index contributed by atoms with van der Waals surface area (Å²) in [6.45, 7) is 7.19. The number of ether oxygens (including phenoxy) is 6. The summed E-state index contributed by atoms with van der Waals surface area (Å²) in [6.07, 6.45) is 0.0564. The summed E-state index contributed by atoms with van der Waals surface area (Å²) in [7, 11) is 4.93. The molecule has 4 N–H and O–H groups in total. The largest absolute Gasteiger partial charge is 0.504 e. The molecule has 6 aliphatic heterocycles. The maximum Gasteiger partial charge on any atom is 0.331 e. The van der Waals surface area contributed by atoms with Gasteiger partial charge in [0.2, 0.25) is 6.79 Å². The maximum atomic E-state index is 14.7. The van der Waals surface area contributed by atoms with Gasteiger partial charge in [-0.3, -0.25) is 19.9 Å². The highest BCUT2D eigenvalue weighted by atomic mass is 32.2. The van der Waals surface area contributed by atoms with Crippen molar-refractivity contribution in [3.63, 3.8) is 0 Å². The Morgan fingerprint density at radius 1 is 1.07 bits per heavy atom. The summed E-state index contributed by atoms with van der Waals surface area (Å²) in [5, 5.41) is 38.1. The third kappa shape index (κ3) is 5.52. The Labute approximate surface area is 323 Å². The molecule has 55 heavy (non-hydrogen) atoms. The number of benzene rings is 3. The number of aryl methyl sites for hydroxylation is 1. The van der Waals surface area contributed by atoms with Gasteiger partial charge < -0.3 is 43.7 Å². The summed E-state index contributed by atoms with van der Waals surface area (Å²) in [5.74, 6) is 0.804. The molecule has 0 aromatic heterocycles. The molecule has 0 saturated carbocycles. The Morgan fingerprint density at radius 2 is 1.84 bits per heavy atom. The summed E-state index contributed by atoms with van der Waals surface area (Å²) >= 11 is 1.46. The minimum Gasteiger partial charge on any atom is -0.504 e. The first-order valence-electron chi connectivity index (χ1n) is 18.5. The Hall–Kier alpha value is -4.41. The third-order valence-corrected chi connectivity index (χ3v) is 13.5. The number of nitrogens with one attached hydrogen (secondary N) is 1. The van der Waals surface area contributed by atoms with Crippen molar-refractivity contribution >= 4 is 23.7 Å². The quantitative estimate of drug-likeness (QED) is 0.214. The first-order valence-corrected chi connectivity index (χ1v) is 19.6. The molecule has 9 rings (SSSR count). The number of methoxy groups -OCH3 is 2. The van der Waals surface area contributed by atoms with Gasteiger partial charge in [0.1, 0.15) is 18.6 Å². The van der Waals surface area contributed by atoms with Crippen molar-refractivity contribution in [2.75, 3.05) is 47.0 Å². The monoisotopic (exact) mass is 777 g/mol. The number of piperazine rings is 1. The van der Waals surface area contributed by atoms with Gasteiger partial charge in [-0.15, -0.1) is 11.8 Å². The van der Waals surface area contributed by atoms with Gasteiger partial charge in [-0.2, -0.15) is 0 Å². The molecule has 14 nitrogen and oxygen atoms in total. The van der Waals surface area contributed by atoms with Gasteiger partial charge in [0, 0.05) is 53.6 Å². The van der Waals surface area contributed by atoms with Gasteiger partial charge in [0.15, 0.2) is 40.0 Å². The van der Waals surface area contributed by atoms with E-state index >= 15 is 0 Å². The lowest BCUT2D eigenvalue weighted by Crippen LogP contribution is -2.68. The summed E-state index contributed by atoms with van der Waals surface area (Å²) in [6, 6.07) is 4.75. The predicted molar refractivity (Wildman–Crippen MR) is 201 cm³/mol. The van der Waals surface area contributed by atoms with Crippen molar-refractivity contribution in [1.29, 1.82) is 0 Å². The molecule has 1 spiro atoms. The fourth-order valence-electron chi connectivity index (χ4n) is 9.61. The van der Waals surface area contributed by atoms with Crippen molar-refractivity contribution in [1.82, 2.24) is 15.1 Å². The van der Waals surface area contributed by atoms with Crippen LogP contribution in [0.1, 0.15) is 76.5 Å². The molecule has 0 amide bonds. The topological polar surface area (TPSA) is 169 Å². The number of aromatic hydroxyl groups is 2. The van der Waals surface area contributed by atoms with E-state index in [1.54, 1.807) is 12.1 Å². The zero-order chi connectivity index (χ0) is 39.1. The van der Waals surface area contributed by atoms with E-state index in [-0.39, 0.29) is 36.4 Å². The number of hydrogen-bond acceptors (Lipinski definition) is 15. The zero-order valence-electron chi connectivity index (χ0n) is 31.9. The van der Waals surface area contributed by atoms with Gasteiger partial charge >= 0.3 is 11.9 Å². The van der Waals surface area contributed by atoms with Gasteiger partial charge in [-0.25, -0.2) is 4.79 Å². The fourth-order valence-corrected chi connectivity index (χ4v) is 11.3. The van der Waals surface area contributed by atoms with Gasteiger partial charge in [-0.05, 0) is 62.6 Å². The maximum absolute atomic E-state index is 14.7. The highest BCUT2D eigenvalue weighted by molar-refractivity contribution is 7.99. The molecule has 3 aromatic rings. The Balaban J connectivity index is 1.42. The number of thioether (sulfide) groups is 1. The molecule has 2 bridgehead atoms. The second kappa shape index (κ2) is 14.0. The number of aliphatic hydroxyl groups excluding tert-OH is 1. The second-order valence-corrected chi connectivity index (χ2v) is 16.0. The Morgan fingerprint density at radius 3 is 2.55 bits per heavy atom. The number of rotatable bonds is 5. The van der Waals surface area contributed by atoms with E-state index in [9.17, 15) is 24.9 Å². The third-order valence-electron chi connectivity index (χ3n) is 12.1. The van der Waals surface area contributed by atoms with Crippen molar-refractivity contribution in [3.05, 3.63) is 63.2 Å². The molecule has 0 aliphatic carbocycles. The van der Waals surface area contributed by atoms with Crippen molar-refractivity contribution in [2.45, 2.75) is 81.7 Å². The van der Waals surface area contributed by atoms with Crippen molar-refractivity contribution in [3.8, 4) is 40.2 Å². The number of phenolic OH excluding ortho intramolecular Hbond substituents is 2. The van der Waals surface area contributed by atoms with Crippen LogP contribution in [0.5, 0.6) is 40.2 Å². The average Bonchev–Trinajstić information content (AvgIpc) is 3.65. The molecule has 2 fully saturated rings. The summed E-state index contributed by atoms with van der Waals surface area (Å²) in [4.78, 5) is 31.8. The Bertz CT molecular complexity index is 2080. The smallest absolute Gasteiger partial charge is 0.331 e. The van der Waals surface area contributed by atoms with Crippen LogP contribution in [0.25, 0.3) is 0 Å². The van der Waals surface area contributed by atoms with E-state index in [1.165, 1.54) is 32.9 Å². The summed E-state index contributed by atoms with van der Waals surface area (Å²) in [5.41, 5.74) is 3.25. The van der Waals surface area contributed by atoms with E-state index in [0.29, 0.717) is 70.2 Å². The van der Waals surface area contributed by atoms with E-state index in [4.69, 9.17) is 28.4 Å². The molecular weight excluding hydrogens is 731 g/mol. The molecule has 2 unspecified atom stereocenters. The number of hydrogen-bond donors (Lipinski definition) is 4. The minimum atomic E-state index is -1.37. The standard InChI is InChI=1S/C40H47N3O11S/c1-8-24-38(47)43-25-15-51-39(48)40(23-14-27(49-6)26(45)13-21(23)11-12-41-40)16-55-37(29-28(25)36-35(52-17-53-36)19(3)34(29)54-20(4)44)31(43)30(42(24)5)22-10-9-18(2)33(50-7)32(22)46/h9-10,13-14,24-25,30-31,37-38,41,45-47H,8,11-12,15-17H2,1-7H3/t24?,25-,30?,31+,37+,38-,40-/m1/s1. The normalized spacial score (nSPS) is 28.5. The fraction of sp³-hybridized carbons (Fsp3) is 0.500. The molecular formula is C40H47N3O11S. The number of nitrogens with zero attached hydrogens (tertiary/aromatic N) is 2. The highest BCUT2D eigenvalue weighted by Crippen LogP contribution is 2.63. The van der Waals surface area contributed by atoms with Crippen molar-refractivity contribution < 1.29 is 53.3 Å². The molecule has 7 atom stereocenters. The summed E-state index contributed by atoms with van der Waals surface area (Å²) < 4.78 is 36.0. The van der Waals surface area contributed by atoms with Crippen LogP contribution in [0.15, 0.2) is 24.3 Å². The number of carbonyl (C=O) groups is 2. The van der Waals surface area contributed by atoms with Gasteiger partial charge in [0.25, 0.3) is 0 Å². The minimum absolute atomic E-state index is 0.0107. The van der Waals surface area contributed by atoms with Crippen LogP contribution in [0.4, 0.5) is 0 Å². The lowest BCUT2D eigenvalue weighted by Gasteiger charge is -2.60. The molecule has 2 saturated heterocycles. The number of phenols is 2. The van der Waals surface area contributed by atoms with Crippen LogP contribution in [0, 0.1) is 13.8 Å². The Kier molecular flexibility index (Phi) is 9.52. The van der Waals surface area contributed by atoms with Crippen LogP contribution in [0.2, 0.25) is 0 Å². The number of esters is 2. The van der Waals surface area contributed by atoms with E-state index in [1.807, 2.05) is 44.9 Å². The van der Waals surface area contributed by atoms with Crippen LogP contribution >= 0.6 is 11.8 Å². The predicted octanol–water partition coefficient (Wildman–Crippen LogP) is 4.27. The zero-order valence-corrected chi connectivity index (χ0v) is 32.7. The second-order valence-electron chi connectivity index (χ2n) is 14.8. The molecule has 6 heterocycles. The first-order chi connectivity index (χ1) is 26.4. The first kappa shape index (κ1) is 37.5. The average molecular weight is 778 g/mol. The van der Waals surface area contributed by atoms with E-state index in [0.717, 1.165) is 11.1 Å². The van der Waals surface area contributed by atoms with Crippen molar-refractivity contribution in [2.24, 2.45) is 0 Å². The number of carbonyl (C=O) groups excluding carboxylic acids is 2. The molecule has 0 radical (unpaired) electrons. The van der Waals surface area contributed by atoms with E-state index < -0.39 is 53.1 Å². The lowest BCUT2D eigenvalue weighted by molar-refractivity contribution is -0.183. The number of aliphatic hydroxyl groups is 1. The van der Waals surface area contributed by atoms with Crippen LogP contribution < -0.4 is 29.0 Å². The number of likely N-dealkylation sites (N-methyl/N-ethyl adjacent to an activating group) is 1. The molecule has 3 aromatic carbocycles. The van der Waals surface area contributed by atoms with E-state index in [2.05, 4.69) is 10.2 Å². The molecule has 6 aliphatic rings. The molecule has 15 heteroatoms. The lowest BCUT2D eigenvalue weighted by atomic mass is 9.77. The van der Waals surface area contributed by atoms with Crippen LogP contribution in [0.3, 0.4) is 0 Å². The van der Waals surface area contributed by atoms with Gasteiger partial charge in [0.05, 0.1) is 31.6 Å².